The van der Waals surface area contributed by atoms with Crippen LogP contribution in [0.2, 0.25) is 0 Å². The molecule has 0 spiro atoms. The van der Waals surface area contributed by atoms with Gasteiger partial charge in [0.25, 0.3) is 5.91 Å². The molecule has 1 amide bonds. The van der Waals surface area contributed by atoms with Crippen LogP contribution in [0, 0.1) is 6.92 Å². The smallest absolute Gasteiger partial charge is 0.279 e. The van der Waals surface area contributed by atoms with E-state index in [4.69, 9.17) is 9.47 Å². The number of carbonyl (C=O) groups excluding carboxylic acids is 1. The molecular weight excluding hydrogens is 342 g/mol. The lowest BCUT2D eigenvalue weighted by molar-refractivity contribution is 0.0955. The number of amides is 1. The number of anilines is 1. The van der Waals surface area contributed by atoms with Crippen LogP contribution in [0.3, 0.4) is 0 Å². The van der Waals surface area contributed by atoms with Gasteiger partial charge in [-0.25, -0.2) is 4.68 Å². The van der Waals surface area contributed by atoms with Crippen LogP contribution in [-0.4, -0.2) is 35.4 Å². The fourth-order valence-electron chi connectivity index (χ4n) is 3.25. The van der Waals surface area contributed by atoms with Gasteiger partial charge in [0.05, 0.1) is 25.0 Å². The molecule has 6 heteroatoms. The molecule has 0 bridgehead atoms. The molecule has 0 fully saturated rings. The monoisotopic (exact) mass is 363 g/mol. The lowest BCUT2D eigenvalue weighted by Crippen LogP contribution is -2.42. The van der Waals surface area contributed by atoms with E-state index in [1.54, 1.807) is 16.7 Å². The van der Waals surface area contributed by atoms with E-state index in [1.807, 2.05) is 68.6 Å². The third kappa shape index (κ3) is 3.14. The highest BCUT2D eigenvalue weighted by atomic mass is 16.5. The molecule has 0 aliphatic carbocycles. The number of para-hydroxylation sites is 1. The van der Waals surface area contributed by atoms with Crippen molar-refractivity contribution >= 4 is 11.6 Å². The van der Waals surface area contributed by atoms with Crippen LogP contribution in [0.5, 0.6) is 11.5 Å². The molecule has 0 saturated carbocycles. The van der Waals surface area contributed by atoms with Crippen molar-refractivity contribution in [3.63, 3.8) is 0 Å². The highest BCUT2D eigenvalue weighted by Gasteiger charge is 2.31. The van der Waals surface area contributed by atoms with Gasteiger partial charge in [-0.2, -0.15) is 5.10 Å². The molecule has 0 N–H and O–H groups in total. The maximum atomic E-state index is 13.3. The van der Waals surface area contributed by atoms with E-state index in [9.17, 15) is 4.79 Å². The second-order valence-electron chi connectivity index (χ2n) is 6.62. The Morgan fingerprint density at radius 1 is 1.22 bits per heavy atom. The van der Waals surface area contributed by atoms with Gasteiger partial charge in [-0.1, -0.05) is 18.2 Å². The van der Waals surface area contributed by atoms with Gasteiger partial charge in [0.1, 0.15) is 17.6 Å². The van der Waals surface area contributed by atoms with Crippen LogP contribution in [0.25, 0.3) is 5.69 Å². The van der Waals surface area contributed by atoms with Crippen LogP contribution in [0.15, 0.2) is 54.7 Å². The third-order valence-corrected chi connectivity index (χ3v) is 4.59. The minimum Gasteiger partial charge on any atom is -0.497 e. The standard InChI is InChI=1S/C21H21N3O3/c1-14-12-24(16-7-5-4-6-8-16)22-20(14)21(25)23-13-15(2)27-19-10-9-17(26-3)11-18(19)23/h4-12,15H,13H2,1-3H3/t15-/m1/s1. The number of aryl methyl sites for hydroxylation is 1. The summed E-state index contributed by atoms with van der Waals surface area (Å²) < 4.78 is 12.9. The number of nitrogens with zero attached hydrogens (tertiary/aromatic N) is 3. The Labute approximate surface area is 157 Å². The first-order valence-corrected chi connectivity index (χ1v) is 8.85. The largest absolute Gasteiger partial charge is 0.497 e. The zero-order valence-electron chi connectivity index (χ0n) is 15.5. The van der Waals surface area contributed by atoms with Crippen LogP contribution in [0.1, 0.15) is 23.0 Å². The van der Waals surface area contributed by atoms with E-state index in [0.717, 1.165) is 11.3 Å². The Hall–Kier alpha value is -3.28. The van der Waals surface area contributed by atoms with E-state index < -0.39 is 0 Å². The number of carbonyl (C=O) groups is 1. The molecule has 2 aromatic carbocycles. The Balaban J connectivity index is 1.73. The topological polar surface area (TPSA) is 56.6 Å². The maximum absolute atomic E-state index is 13.3. The molecule has 4 rings (SSSR count). The van der Waals surface area contributed by atoms with Gasteiger partial charge in [0, 0.05) is 17.8 Å². The first-order valence-electron chi connectivity index (χ1n) is 8.85. The molecule has 27 heavy (non-hydrogen) atoms. The maximum Gasteiger partial charge on any atom is 0.279 e. The summed E-state index contributed by atoms with van der Waals surface area (Å²) in [5.41, 5.74) is 2.87. The van der Waals surface area contributed by atoms with Gasteiger partial charge < -0.3 is 9.47 Å². The number of hydrogen-bond acceptors (Lipinski definition) is 4. The molecule has 138 valence electrons. The molecule has 0 unspecified atom stereocenters. The lowest BCUT2D eigenvalue weighted by atomic mass is 10.1. The van der Waals surface area contributed by atoms with Crippen LogP contribution in [-0.2, 0) is 0 Å². The molecule has 3 aromatic rings. The molecule has 1 aliphatic heterocycles. The molecular formula is C21H21N3O3. The second kappa shape index (κ2) is 6.79. The van der Waals surface area contributed by atoms with Crippen molar-refractivity contribution in [2.24, 2.45) is 0 Å². The van der Waals surface area contributed by atoms with Crippen molar-refractivity contribution in [3.05, 3.63) is 66.0 Å². The highest BCUT2D eigenvalue weighted by Crippen LogP contribution is 2.37. The van der Waals surface area contributed by atoms with Crippen molar-refractivity contribution in [2.45, 2.75) is 20.0 Å². The quantitative estimate of drug-likeness (QED) is 0.713. The normalized spacial score (nSPS) is 15.8. The highest BCUT2D eigenvalue weighted by molar-refractivity contribution is 6.07. The van der Waals surface area contributed by atoms with E-state index in [-0.39, 0.29) is 12.0 Å². The number of ether oxygens (including phenoxy) is 2. The summed E-state index contributed by atoms with van der Waals surface area (Å²) in [6.07, 6.45) is 1.77. The van der Waals surface area contributed by atoms with Gasteiger partial charge in [-0.05, 0) is 38.1 Å². The summed E-state index contributed by atoms with van der Waals surface area (Å²) in [5.74, 6) is 1.20. The summed E-state index contributed by atoms with van der Waals surface area (Å²) >= 11 is 0. The van der Waals surface area contributed by atoms with Crippen LogP contribution < -0.4 is 14.4 Å². The Bertz CT molecular complexity index is 982. The van der Waals surface area contributed by atoms with E-state index >= 15 is 0 Å². The first kappa shape index (κ1) is 17.1. The van der Waals surface area contributed by atoms with E-state index in [0.29, 0.717) is 29.4 Å². The Morgan fingerprint density at radius 3 is 2.74 bits per heavy atom. The van der Waals surface area contributed by atoms with Crippen molar-refractivity contribution in [1.29, 1.82) is 0 Å². The minimum atomic E-state index is -0.146. The SMILES string of the molecule is COc1ccc2c(c1)N(C(=O)c1nn(-c3ccccc3)cc1C)C[C@@H](C)O2. The predicted molar refractivity (Wildman–Crippen MR) is 103 cm³/mol. The zero-order valence-corrected chi connectivity index (χ0v) is 15.5. The average molecular weight is 363 g/mol. The van der Waals surface area contributed by atoms with Crippen molar-refractivity contribution in [3.8, 4) is 17.2 Å². The van der Waals surface area contributed by atoms with E-state index in [2.05, 4.69) is 5.10 Å². The van der Waals surface area contributed by atoms with Gasteiger partial charge in [-0.15, -0.1) is 0 Å². The average Bonchev–Trinajstić information content (AvgIpc) is 3.09. The van der Waals surface area contributed by atoms with Crippen molar-refractivity contribution in [1.82, 2.24) is 9.78 Å². The van der Waals surface area contributed by atoms with Crippen LogP contribution >= 0.6 is 0 Å². The van der Waals surface area contributed by atoms with Gasteiger partial charge in [-0.3, -0.25) is 9.69 Å². The van der Waals surface area contributed by atoms with Crippen molar-refractivity contribution in [2.75, 3.05) is 18.6 Å². The zero-order chi connectivity index (χ0) is 19.0. The van der Waals surface area contributed by atoms with E-state index in [1.165, 1.54) is 0 Å². The van der Waals surface area contributed by atoms with Gasteiger partial charge in [0.15, 0.2) is 5.69 Å². The molecule has 1 aliphatic rings. The summed E-state index contributed by atoms with van der Waals surface area (Å²) in [5, 5.41) is 4.55. The third-order valence-electron chi connectivity index (χ3n) is 4.59. The fraction of sp³-hybridized carbons (Fsp3) is 0.238. The summed E-state index contributed by atoms with van der Waals surface area (Å²) in [7, 11) is 1.60. The number of methoxy groups -OCH3 is 1. The molecule has 0 radical (unpaired) electrons. The fourth-order valence-corrected chi connectivity index (χ4v) is 3.25. The summed E-state index contributed by atoms with van der Waals surface area (Å²) in [6.45, 7) is 4.30. The van der Waals surface area contributed by atoms with Crippen LogP contribution in [0.4, 0.5) is 5.69 Å². The molecule has 1 atom stereocenters. The Kier molecular flexibility index (Phi) is 4.32. The predicted octanol–water partition coefficient (Wildman–Crippen LogP) is 3.62. The summed E-state index contributed by atoms with van der Waals surface area (Å²) in [4.78, 5) is 15.0. The second-order valence-corrected chi connectivity index (χ2v) is 6.62. The first-order chi connectivity index (χ1) is 13.1. The number of aromatic nitrogens is 2. The number of rotatable bonds is 3. The van der Waals surface area contributed by atoms with Gasteiger partial charge in [0.2, 0.25) is 0 Å². The number of fused-ring (bicyclic) bond motifs is 1. The lowest BCUT2D eigenvalue weighted by Gasteiger charge is -2.33. The molecule has 1 aromatic heterocycles. The molecule has 6 nitrogen and oxygen atoms in total. The van der Waals surface area contributed by atoms with Crippen molar-refractivity contribution < 1.29 is 14.3 Å². The molecule has 2 heterocycles. The Morgan fingerprint density at radius 2 is 2.00 bits per heavy atom. The minimum absolute atomic E-state index is 0.105. The van der Waals surface area contributed by atoms with Gasteiger partial charge >= 0.3 is 0 Å². The number of benzene rings is 2. The number of hydrogen-bond donors (Lipinski definition) is 0. The summed E-state index contributed by atoms with van der Waals surface area (Å²) in [6, 6.07) is 15.2. The molecule has 0 saturated heterocycles.